The summed E-state index contributed by atoms with van der Waals surface area (Å²) in [6.45, 7) is 3.11. The number of hydrogen-bond donors (Lipinski definition) is 1. The SMILES string of the molecule is O=C(c1ccn(-c2ccccc2F)n1)N1CCCNCC1. The molecule has 3 rings (SSSR count). The van der Waals surface area contributed by atoms with Crippen molar-refractivity contribution >= 4 is 5.91 Å². The number of rotatable bonds is 2. The highest BCUT2D eigenvalue weighted by atomic mass is 19.1. The van der Waals surface area contributed by atoms with Crippen molar-refractivity contribution in [1.82, 2.24) is 20.0 Å². The van der Waals surface area contributed by atoms with Crippen LogP contribution in [0.4, 0.5) is 4.39 Å². The predicted octanol–water partition coefficient (Wildman–Crippen LogP) is 1.45. The van der Waals surface area contributed by atoms with Crippen LogP contribution in [0, 0.1) is 5.82 Å². The third kappa shape index (κ3) is 2.95. The largest absolute Gasteiger partial charge is 0.336 e. The molecule has 0 aliphatic carbocycles. The first-order valence-electron chi connectivity index (χ1n) is 7.06. The third-order valence-corrected chi connectivity index (χ3v) is 3.53. The molecule has 0 atom stereocenters. The average Bonchev–Trinajstić information content (AvgIpc) is 2.82. The molecule has 1 aliphatic heterocycles. The Balaban J connectivity index is 1.81. The van der Waals surface area contributed by atoms with E-state index in [-0.39, 0.29) is 11.7 Å². The van der Waals surface area contributed by atoms with Crippen molar-refractivity contribution in [3.63, 3.8) is 0 Å². The summed E-state index contributed by atoms with van der Waals surface area (Å²) in [6, 6.07) is 8.00. The second-order valence-electron chi connectivity index (χ2n) is 4.99. The van der Waals surface area contributed by atoms with Gasteiger partial charge in [-0.3, -0.25) is 4.79 Å². The van der Waals surface area contributed by atoms with Crippen LogP contribution in [0.1, 0.15) is 16.9 Å². The zero-order valence-corrected chi connectivity index (χ0v) is 11.6. The Bertz CT molecular complexity index is 632. The summed E-state index contributed by atoms with van der Waals surface area (Å²) in [6.07, 6.45) is 2.54. The first-order valence-corrected chi connectivity index (χ1v) is 7.06. The minimum atomic E-state index is -0.362. The monoisotopic (exact) mass is 288 g/mol. The lowest BCUT2D eigenvalue weighted by molar-refractivity contribution is 0.0760. The van der Waals surface area contributed by atoms with E-state index in [4.69, 9.17) is 0 Å². The van der Waals surface area contributed by atoms with Crippen LogP contribution in [0.25, 0.3) is 5.69 Å². The number of amides is 1. The summed E-state index contributed by atoms with van der Waals surface area (Å²) in [5.74, 6) is -0.465. The zero-order chi connectivity index (χ0) is 14.7. The van der Waals surface area contributed by atoms with Crippen LogP contribution < -0.4 is 5.32 Å². The van der Waals surface area contributed by atoms with Gasteiger partial charge in [-0.25, -0.2) is 9.07 Å². The molecule has 0 radical (unpaired) electrons. The maximum Gasteiger partial charge on any atom is 0.274 e. The van der Waals surface area contributed by atoms with Gasteiger partial charge in [-0.1, -0.05) is 12.1 Å². The molecule has 1 amide bonds. The van der Waals surface area contributed by atoms with E-state index in [9.17, 15) is 9.18 Å². The van der Waals surface area contributed by atoms with E-state index in [2.05, 4.69) is 10.4 Å². The minimum absolute atomic E-state index is 0.103. The molecule has 2 heterocycles. The van der Waals surface area contributed by atoms with Crippen molar-refractivity contribution in [2.24, 2.45) is 0 Å². The molecule has 1 aliphatic rings. The van der Waals surface area contributed by atoms with E-state index in [1.165, 1.54) is 10.7 Å². The fourth-order valence-corrected chi connectivity index (χ4v) is 2.42. The van der Waals surface area contributed by atoms with Crippen molar-refractivity contribution in [2.75, 3.05) is 26.2 Å². The molecule has 1 saturated heterocycles. The number of carbonyl (C=O) groups is 1. The predicted molar refractivity (Wildman–Crippen MR) is 76.9 cm³/mol. The molecule has 1 aromatic carbocycles. The van der Waals surface area contributed by atoms with Crippen molar-refractivity contribution in [3.8, 4) is 5.69 Å². The molecular formula is C15H17FN4O. The molecule has 21 heavy (non-hydrogen) atoms. The Morgan fingerprint density at radius 2 is 2.05 bits per heavy atom. The van der Waals surface area contributed by atoms with Crippen LogP contribution in [-0.2, 0) is 0 Å². The maximum absolute atomic E-state index is 13.7. The zero-order valence-electron chi connectivity index (χ0n) is 11.6. The average molecular weight is 288 g/mol. The lowest BCUT2D eigenvalue weighted by atomic mass is 10.3. The lowest BCUT2D eigenvalue weighted by Gasteiger charge is -2.18. The van der Waals surface area contributed by atoms with Gasteiger partial charge in [0.1, 0.15) is 11.5 Å². The van der Waals surface area contributed by atoms with E-state index in [1.807, 2.05) is 0 Å². The van der Waals surface area contributed by atoms with Crippen molar-refractivity contribution in [3.05, 3.63) is 48.0 Å². The minimum Gasteiger partial charge on any atom is -0.336 e. The van der Waals surface area contributed by atoms with Gasteiger partial charge < -0.3 is 10.2 Å². The van der Waals surface area contributed by atoms with Gasteiger partial charge in [-0.05, 0) is 31.2 Å². The number of hydrogen-bond acceptors (Lipinski definition) is 3. The summed E-state index contributed by atoms with van der Waals surface area (Å²) < 4.78 is 15.1. The fourth-order valence-electron chi connectivity index (χ4n) is 2.42. The van der Waals surface area contributed by atoms with Gasteiger partial charge in [0, 0.05) is 25.8 Å². The number of carbonyl (C=O) groups excluding carboxylic acids is 1. The number of nitrogens with zero attached hydrogens (tertiary/aromatic N) is 3. The van der Waals surface area contributed by atoms with Gasteiger partial charge in [0.2, 0.25) is 0 Å². The number of benzene rings is 1. The van der Waals surface area contributed by atoms with Gasteiger partial charge >= 0.3 is 0 Å². The lowest BCUT2D eigenvalue weighted by Crippen LogP contribution is -2.34. The molecule has 1 fully saturated rings. The molecule has 1 N–H and O–H groups in total. The summed E-state index contributed by atoms with van der Waals surface area (Å²) in [5.41, 5.74) is 0.689. The molecule has 0 bridgehead atoms. The topological polar surface area (TPSA) is 50.2 Å². The molecule has 1 aromatic heterocycles. The highest BCUT2D eigenvalue weighted by molar-refractivity contribution is 5.92. The van der Waals surface area contributed by atoms with Gasteiger partial charge in [-0.2, -0.15) is 5.10 Å². The Kier molecular flexibility index (Phi) is 3.96. The molecule has 110 valence electrons. The van der Waals surface area contributed by atoms with Gasteiger partial charge in [0.25, 0.3) is 5.91 Å². The molecule has 0 saturated carbocycles. The molecule has 0 unspecified atom stereocenters. The fraction of sp³-hybridized carbons (Fsp3) is 0.333. The summed E-state index contributed by atoms with van der Waals surface area (Å²) >= 11 is 0. The Labute approximate surface area is 122 Å². The highest BCUT2D eigenvalue weighted by Gasteiger charge is 2.19. The Morgan fingerprint density at radius 3 is 2.90 bits per heavy atom. The molecule has 2 aromatic rings. The van der Waals surface area contributed by atoms with Crippen molar-refractivity contribution in [2.45, 2.75) is 6.42 Å². The van der Waals surface area contributed by atoms with Crippen molar-refractivity contribution in [1.29, 1.82) is 0 Å². The smallest absolute Gasteiger partial charge is 0.274 e. The first-order chi connectivity index (χ1) is 10.3. The molecule has 5 nitrogen and oxygen atoms in total. The summed E-state index contributed by atoms with van der Waals surface area (Å²) in [4.78, 5) is 14.2. The maximum atomic E-state index is 13.7. The first kappa shape index (κ1) is 13.8. The molecule has 0 spiro atoms. The summed E-state index contributed by atoms with van der Waals surface area (Å²) in [5, 5.41) is 7.47. The number of para-hydroxylation sites is 1. The van der Waals surface area contributed by atoms with Crippen LogP contribution in [-0.4, -0.2) is 46.8 Å². The van der Waals surface area contributed by atoms with Gasteiger partial charge in [0.15, 0.2) is 5.69 Å². The van der Waals surface area contributed by atoms with Gasteiger partial charge in [0.05, 0.1) is 0 Å². The summed E-state index contributed by atoms with van der Waals surface area (Å²) in [7, 11) is 0. The van der Waals surface area contributed by atoms with E-state index < -0.39 is 0 Å². The quantitative estimate of drug-likeness (QED) is 0.910. The van der Waals surface area contributed by atoms with Gasteiger partial charge in [-0.15, -0.1) is 0 Å². The van der Waals surface area contributed by atoms with E-state index >= 15 is 0 Å². The second-order valence-corrected chi connectivity index (χ2v) is 4.99. The Morgan fingerprint density at radius 1 is 1.19 bits per heavy atom. The normalized spacial score (nSPS) is 15.8. The van der Waals surface area contributed by atoms with E-state index in [0.717, 1.165) is 26.1 Å². The van der Waals surface area contributed by atoms with E-state index in [0.29, 0.717) is 17.9 Å². The Hall–Kier alpha value is -2.21. The third-order valence-electron chi connectivity index (χ3n) is 3.53. The second kappa shape index (κ2) is 6.05. The standard InChI is InChI=1S/C15H17FN4O/c16-12-4-1-2-5-14(12)20-10-6-13(18-20)15(21)19-9-3-7-17-8-11-19/h1-2,4-6,10,17H,3,7-9,11H2. The van der Waals surface area contributed by atoms with Crippen LogP contribution in [0.15, 0.2) is 36.5 Å². The van der Waals surface area contributed by atoms with Crippen LogP contribution >= 0.6 is 0 Å². The van der Waals surface area contributed by atoms with E-state index in [1.54, 1.807) is 35.4 Å². The van der Waals surface area contributed by atoms with Crippen LogP contribution in [0.2, 0.25) is 0 Å². The van der Waals surface area contributed by atoms with Crippen LogP contribution in [0.5, 0.6) is 0 Å². The van der Waals surface area contributed by atoms with Crippen LogP contribution in [0.3, 0.4) is 0 Å². The molecular weight excluding hydrogens is 271 g/mol. The van der Waals surface area contributed by atoms with Crippen molar-refractivity contribution < 1.29 is 9.18 Å². The number of halogens is 1. The molecule has 6 heteroatoms. The highest BCUT2D eigenvalue weighted by Crippen LogP contribution is 2.13. The number of nitrogens with one attached hydrogen (secondary N) is 1. The number of aromatic nitrogens is 2.